The number of hydrogen-bond acceptors (Lipinski definition) is 4. The van der Waals surface area contributed by atoms with Crippen LogP contribution in [0.3, 0.4) is 0 Å². The van der Waals surface area contributed by atoms with Gasteiger partial charge in [-0.25, -0.2) is 0 Å². The van der Waals surface area contributed by atoms with Crippen molar-refractivity contribution in [3.8, 4) is 5.75 Å². The maximum atomic E-state index is 5.92. The van der Waals surface area contributed by atoms with Crippen molar-refractivity contribution in [2.24, 2.45) is 0 Å². The molecule has 0 atom stereocenters. The van der Waals surface area contributed by atoms with Crippen LogP contribution in [0.2, 0.25) is 0 Å². The van der Waals surface area contributed by atoms with Crippen LogP contribution in [0.4, 0.5) is 11.4 Å². The van der Waals surface area contributed by atoms with E-state index in [2.05, 4.69) is 30.6 Å². The molecule has 3 N–H and O–H groups in total. The third-order valence-electron chi connectivity index (χ3n) is 3.15. The summed E-state index contributed by atoms with van der Waals surface area (Å²) in [7, 11) is 0. The maximum Gasteiger partial charge on any atom is 0.144 e. The van der Waals surface area contributed by atoms with Crippen molar-refractivity contribution in [3.05, 3.63) is 40.1 Å². The van der Waals surface area contributed by atoms with Crippen LogP contribution in [0.15, 0.2) is 29.6 Å². The van der Waals surface area contributed by atoms with Crippen molar-refractivity contribution >= 4 is 22.7 Å². The number of ether oxygens (including phenoxy) is 1. The van der Waals surface area contributed by atoms with Crippen LogP contribution in [-0.2, 0) is 13.0 Å². The summed E-state index contributed by atoms with van der Waals surface area (Å²) in [4.78, 5) is 1.39. The maximum absolute atomic E-state index is 5.92. The normalized spacial score (nSPS) is 10.5. The summed E-state index contributed by atoms with van der Waals surface area (Å²) in [6.07, 6.45) is 2.05. The summed E-state index contributed by atoms with van der Waals surface area (Å²) >= 11 is 1.80. The Morgan fingerprint density at radius 3 is 2.85 bits per heavy atom. The molecule has 0 spiro atoms. The van der Waals surface area contributed by atoms with E-state index in [-0.39, 0.29) is 0 Å². The molecule has 0 amide bonds. The molecule has 0 bridgehead atoms. The highest BCUT2D eigenvalue weighted by atomic mass is 32.1. The van der Waals surface area contributed by atoms with E-state index in [0.29, 0.717) is 12.3 Å². The van der Waals surface area contributed by atoms with E-state index in [9.17, 15) is 0 Å². The quantitative estimate of drug-likeness (QED) is 0.748. The largest absolute Gasteiger partial charge is 0.491 e. The Hall–Kier alpha value is -1.68. The van der Waals surface area contributed by atoms with Crippen molar-refractivity contribution in [2.45, 2.75) is 33.2 Å². The van der Waals surface area contributed by atoms with E-state index in [0.717, 1.165) is 30.8 Å². The predicted octanol–water partition coefficient (Wildman–Crippen LogP) is 4.29. The first-order chi connectivity index (χ1) is 9.74. The van der Waals surface area contributed by atoms with Crippen molar-refractivity contribution in [1.82, 2.24) is 0 Å². The van der Waals surface area contributed by atoms with Crippen molar-refractivity contribution in [1.29, 1.82) is 0 Å². The van der Waals surface area contributed by atoms with E-state index >= 15 is 0 Å². The third-order valence-corrected chi connectivity index (χ3v) is 4.11. The highest BCUT2D eigenvalue weighted by Gasteiger charge is 2.05. The van der Waals surface area contributed by atoms with Crippen LogP contribution >= 0.6 is 11.3 Å². The second-order valence-corrected chi connectivity index (χ2v) is 5.68. The Balaban J connectivity index is 2.02. The zero-order valence-corrected chi connectivity index (χ0v) is 12.9. The SMILES string of the molecule is CCCOc1cc(NCc2sccc2CC)ccc1N. The van der Waals surface area contributed by atoms with Crippen LogP contribution < -0.4 is 15.8 Å². The first-order valence-electron chi connectivity index (χ1n) is 7.06. The van der Waals surface area contributed by atoms with Gasteiger partial charge in [0.15, 0.2) is 0 Å². The molecule has 0 saturated carbocycles. The van der Waals surface area contributed by atoms with E-state index in [1.54, 1.807) is 11.3 Å². The smallest absolute Gasteiger partial charge is 0.144 e. The minimum atomic E-state index is 0.689. The van der Waals surface area contributed by atoms with Gasteiger partial charge in [0.2, 0.25) is 0 Å². The fourth-order valence-electron chi connectivity index (χ4n) is 2.00. The van der Waals surface area contributed by atoms with Crippen molar-refractivity contribution in [3.63, 3.8) is 0 Å². The van der Waals surface area contributed by atoms with Gasteiger partial charge < -0.3 is 15.8 Å². The van der Waals surface area contributed by atoms with E-state index in [4.69, 9.17) is 10.5 Å². The van der Waals surface area contributed by atoms with E-state index in [1.165, 1.54) is 10.4 Å². The van der Waals surface area contributed by atoms with E-state index < -0.39 is 0 Å². The molecule has 3 nitrogen and oxygen atoms in total. The second kappa shape index (κ2) is 7.20. The summed E-state index contributed by atoms with van der Waals surface area (Å²) in [5.41, 5.74) is 9.06. The first-order valence-corrected chi connectivity index (χ1v) is 7.94. The lowest BCUT2D eigenvalue weighted by atomic mass is 10.2. The Bertz CT molecular complexity index is 551. The fourth-order valence-corrected chi connectivity index (χ4v) is 2.92. The summed E-state index contributed by atoms with van der Waals surface area (Å²) < 4.78 is 5.65. The lowest BCUT2D eigenvalue weighted by molar-refractivity contribution is 0.319. The molecule has 0 aliphatic rings. The molecule has 1 heterocycles. The van der Waals surface area contributed by atoms with Crippen LogP contribution in [-0.4, -0.2) is 6.61 Å². The molecule has 1 aromatic heterocycles. The van der Waals surface area contributed by atoms with Gasteiger partial charge >= 0.3 is 0 Å². The van der Waals surface area contributed by atoms with Gasteiger partial charge in [0.05, 0.1) is 12.3 Å². The molecule has 0 aliphatic heterocycles. The minimum absolute atomic E-state index is 0.689. The lowest BCUT2D eigenvalue weighted by Gasteiger charge is -2.11. The van der Waals surface area contributed by atoms with Crippen LogP contribution in [0.1, 0.15) is 30.7 Å². The molecule has 4 heteroatoms. The van der Waals surface area contributed by atoms with Crippen LogP contribution in [0.25, 0.3) is 0 Å². The minimum Gasteiger partial charge on any atom is -0.491 e. The molecule has 1 aromatic carbocycles. The van der Waals surface area contributed by atoms with Crippen LogP contribution in [0, 0.1) is 0 Å². The topological polar surface area (TPSA) is 47.3 Å². The van der Waals surface area contributed by atoms with Gasteiger partial charge in [-0.3, -0.25) is 0 Å². The van der Waals surface area contributed by atoms with Gasteiger partial charge in [0.25, 0.3) is 0 Å². The summed E-state index contributed by atoms with van der Waals surface area (Å²) in [6, 6.07) is 8.06. The van der Waals surface area contributed by atoms with Crippen molar-refractivity contribution < 1.29 is 4.74 Å². The highest BCUT2D eigenvalue weighted by molar-refractivity contribution is 7.10. The number of benzene rings is 1. The van der Waals surface area contributed by atoms with Gasteiger partial charge in [-0.2, -0.15) is 0 Å². The molecule has 2 rings (SSSR count). The Kier molecular flexibility index (Phi) is 5.30. The Morgan fingerprint density at radius 2 is 2.10 bits per heavy atom. The molecule has 0 unspecified atom stereocenters. The number of hydrogen-bond donors (Lipinski definition) is 2. The summed E-state index contributed by atoms with van der Waals surface area (Å²) in [5.74, 6) is 0.763. The first kappa shape index (κ1) is 14.7. The Morgan fingerprint density at radius 1 is 1.25 bits per heavy atom. The van der Waals surface area contributed by atoms with Gasteiger partial charge in [0, 0.05) is 23.2 Å². The third kappa shape index (κ3) is 3.67. The molecule has 0 aliphatic carbocycles. The van der Waals surface area contributed by atoms with Gasteiger partial charge in [-0.05, 0) is 42.0 Å². The second-order valence-electron chi connectivity index (χ2n) is 4.68. The monoisotopic (exact) mass is 290 g/mol. The fraction of sp³-hybridized carbons (Fsp3) is 0.375. The number of thiophene rings is 1. The predicted molar refractivity (Wildman–Crippen MR) is 87.7 cm³/mol. The molecule has 0 saturated heterocycles. The summed E-state index contributed by atoms with van der Waals surface area (Å²) in [6.45, 7) is 5.81. The van der Waals surface area contributed by atoms with Gasteiger partial charge in [-0.15, -0.1) is 11.3 Å². The number of nitrogens with two attached hydrogens (primary N) is 1. The zero-order chi connectivity index (χ0) is 14.4. The molecule has 108 valence electrons. The number of nitrogens with one attached hydrogen (secondary N) is 1. The number of anilines is 2. The van der Waals surface area contributed by atoms with E-state index in [1.807, 2.05) is 18.2 Å². The Labute approximate surface area is 124 Å². The average molecular weight is 290 g/mol. The molecule has 20 heavy (non-hydrogen) atoms. The number of rotatable bonds is 7. The van der Waals surface area contributed by atoms with Crippen molar-refractivity contribution in [2.75, 3.05) is 17.7 Å². The van der Waals surface area contributed by atoms with Gasteiger partial charge in [-0.1, -0.05) is 13.8 Å². The summed E-state index contributed by atoms with van der Waals surface area (Å²) in [5, 5.41) is 5.59. The zero-order valence-electron chi connectivity index (χ0n) is 12.1. The van der Waals surface area contributed by atoms with Gasteiger partial charge in [0.1, 0.15) is 5.75 Å². The molecular weight excluding hydrogens is 268 g/mol. The highest BCUT2D eigenvalue weighted by Crippen LogP contribution is 2.27. The molecule has 2 aromatic rings. The molecular formula is C16H22N2OS. The molecule has 0 radical (unpaired) electrons. The average Bonchev–Trinajstić information content (AvgIpc) is 2.92. The molecule has 0 fully saturated rings. The number of aryl methyl sites for hydroxylation is 1. The lowest BCUT2D eigenvalue weighted by Crippen LogP contribution is -2.03. The number of nitrogen functional groups attached to an aromatic ring is 1. The standard InChI is InChI=1S/C16H22N2OS/c1-3-8-19-15-10-13(5-6-14(15)17)18-11-16-12(4-2)7-9-20-16/h5-7,9-10,18H,3-4,8,11,17H2,1-2H3. The van der Waals surface area contributed by atoms with Crippen LogP contribution in [0.5, 0.6) is 5.75 Å².